The van der Waals surface area contributed by atoms with Crippen LogP contribution in [0.1, 0.15) is 48.2 Å². The van der Waals surface area contributed by atoms with Gasteiger partial charge in [0.1, 0.15) is 12.1 Å². The molecular formula is C21H24ClN5O2. The van der Waals surface area contributed by atoms with E-state index in [4.69, 9.17) is 21.4 Å². The highest BCUT2D eigenvalue weighted by Crippen LogP contribution is 2.43. The molecule has 3 heterocycles. The number of carbonyl (C=O) groups excluding carboxylic acids is 1. The number of nitrogens with zero attached hydrogens (tertiary/aromatic N) is 5. The lowest BCUT2D eigenvalue weighted by Crippen LogP contribution is -2.47. The maximum Gasteiger partial charge on any atom is 0.219 e. The predicted molar refractivity (Wildman–Crippen MR) is 112 cm³/mol. The number of aromatic nitrogens is 4. The minimum atomic E-state index is -0.142. The van der Waals surface area contributed by atoms with Gasteiger partial charge in [0.25, 0.3) is 0 Å². The molecule has 0 bridgehead atoms. The SMILES string of the molecule is COc1c(C(C)n2nc(C)c3cncnc32)cc(Cl)c(C)c1C1CN(C(C)=O)C1. The Morgan fingerprint density at radius 3 is 2.72 bits per heavy atom. The Kier molecular flexibility index (Phi) is 4.94. The van der Waals surface area contributed by atoms with Crippen molar-refractivity contribution < 1.29 is 9.53 Å². The van der Waals surface area contributed by atoms with Gasteiger partial charge in [-0.2, -0.15) is 5.10 Å². The Morgan fingerprint density at radius 2 is 2.07 bits per heavy atom. The van der Waals surface area contributed by atoms with Crippen molar-refractivity contribution in [3.8, 4) is 5.75 Å². The predicted octanol–water partition coefficient (Wildman–Crippen LogP) is 3.66. The number of fused-ring (bicyclic) bond motifs is 1. The molecule has 7 nitrogen and oxygen atoms in total. The molecule has 0 N–H and O–H groups in total. The topological polar surface area (TPSA) is 73.1 Å². The van der Waals surface area contributed by atoms with Gasteiger partial charge < -0.3 is 9.64 Å². The molecule has 1 aliphatic rings. The van der Waals surface area contributed by atoms with Gasteiger partial charge in [0.15, 0.2) is 5.65 Å². The maximum atomic E-state index is 11.6. The number of amides is 1. The molecule has 1 aliphatic heterocycles. The lowest BCUT2D eigenvalue weighted by Gasteiger charge is -2.40. The van der Waals surface area contributed by atoms with Crippen LogP contribution in [0.2, 0.25) is 5.02 Å². The molecular weight excluding hydrogens is 390 g/mol. The molecule has 2 aromatic heterocycles. The first-order valence-corrected chi connectivity index (χ1v) is 9.98. The van der Waals surface area contributed by atoms with E-state index in [2.05, 4.69) is 16.9 Å². The first-order valence-electron chi connectivity index (χ1n) is 9.60. The van der Waals surface area contributed by atoms with E-state index in [0.717, 1.165) is 39.2 Å². The molecule has 29 heavy (non-hydrogen) atoms. The van der Waals surface area contributed by atoms with Crippen LogP contribution in [0.4, 0.5) is 0 Å². The van der Waals surface area contributed by atoms with Gasteiger partial charge >= 0.3 is 0 Å². The van der Waals surface area contributed by atoms with Crippen LogP contribution < -0.4 is 4.74 Å². The zero-order valence-corrected chi connectivity index (χ0v) is 18.0. The van der Waals surface area contributed by atoms with Crippen molar-refractivity contribution in [1.82, 2.24) is 24.6 Å². The fourth-order valence-electron chi connectivity index (χ4n) is 4.14. The molecule has 4 rings (SSSR count). The number of likely N-dealkylation sites (tertiary alicyclic amines) is 1. The number of ether oxygens (including phenoxy) is 1. The van der Waals surface area contributed by atoms with Crippen LogP contribution in [-0.2, 0) is 4.79 Å². The third-order valence-electron chi connectivity index (χ3n) is 5.86. The van der Waals surface area contributed by atoms with Gasteiger partial charge in [0, 0.05) is 48.3 Å². The number of halogens is 1. The standard InChI is InChI=1S/C21H24ClN5O2/c1-11-18(22)6-16(20(29-5)19(11)15-8-26(9-15)14(4)28)13(3)27-21-17(12(2)25-27)7-23-10-24-21/h6-7,10,13,15H,8-9H2,1-5H3. The lowest BCUT2D eigenvalue weighted by atomic mass is 9.85. The van der Waals surface area contributed by atoms with Crippen LogP contribution in [0.3, 0.4) is 0 Å². The molecule has 0 spiro atoms. The van der Waals surface area contributed by atoms with E-state index < -0.39 is 0 Å². The van der Waals surface area contributed by atoms with Crippen LogP contribution in [0.15, 0.2) is 18.6 Å². The number of hydrogen-bond acceptors (Lipinski definition) is 5. The minimum Gasteiger partial charge on any atom is -0.496 e. The molecule has 0 aliphatic carbocycles. The van der Waals surface area contributed by atoms with E-state index in [0.29, 0.717) is 18.1 Å². The Balaban J connectivity index is 1.82. The summed E-state index contributed by atoms with van der Waals surface area (Å²) in [6.07, 6.45) is 3.31. The monoisotopic (exact) mass is 413 g/mol. The van der Waals surface area contributed by atoms with Crippen LogP contribution >= 0.6 is 11.6 Å². The normalized spacial score (nSPS) is 15.4. The van der Waals surface area contributed by atoms with E-state index in [1.54, 1.807) is 20.2 Å². The van der Waals surface area contributed by atoms with Gasteiger partial charge in [-0.3, -0.25) is 4.79 Å². The summed E-state index contributed by atoms with van der Waals surface area (Å²) in [6.45, 7) is 8.97. The first kappa shape index (κ1) is 19.6. The first-order chi connectivity index (χ1) is 13.8. The van der Waals surface area contributed by atoms with Crippen molar-refractivity contribution in [3.05, 3.63) is 46.0 Å². The molecule has 1 saturated heterocycles. The Bertz CT molecular complexity index is 1100. The van der Waals surface area contributed by atoms with Crippen molar-refractivity contribution in [2.24, 2.45) is 0 Å². The van der Waals surface area contributed by atoms with Gasteiger partial charge in [-0.1, -0.05) is 11.6 Å². The van der Waals surface area contributed by atoms with E-state index in [9.17, 15) is 4.79 Å². The quantitative estimate of drug-likeness (QED) is 0.652. The highest BCUT2D eigenvalue weighted by Gasteiger charge is 2.35. The third-order valence-corrected chi connectivity index (χ3v) is 6.26. The summed E-state index contributed by atoms with van der Waals surface area (Å²) in [6, 6.07) is 1.81. The van der Waals surface area contributed by atoms with E-state index >= 15 is 0 Å². The Hall–Kier alpha value is -2.67. The fourth-order valence-corrected chi connectivity index (χ4v) is 4.36. The number of carbonyl (C=O) groups is 1. The zero-order chi connectivity index (χ0) is 20.9. The Morgan fingerprint density at radius 1 is 1.34 bits per heavy atom. The molecule has 3 aromatic rings. The molecule has 1 amide bonds. The summed E-state index contributed by atoms with van der Waals surface area (Å²) in [5.74, 6) is 1.10. The fraction of sp³-hybridized carbons (Fsp3) is 0.429. The van der Waals surface area contributed by atoms with E-state index in [1.165, 1.54) is 6.33 Å². The van der Waals surface area contributed by atoms with Crippen molar-refractivity contribution in [3.63, 3.8) is 0 Å². The van der Waals surface area contributed by atoms with Crippen LogP contribution in [0.5, 0.6) is 5.75 Å². The molecule has 1 aromatic carbocycles. The summed E-state index contributed by atoms with van der Waals surface area (Å²) in [4.78, 5) is 22.0. The summed E-state index contributed by atoms with van der Waals surface area (Å²) in [5, 5.41) is 6.31. The number of hydrogen-bond donors (Lipinski definition) is 0. The van der Waals surface area contributed by atoms with Crippen molar-refractivity contribution in [2.75, 3.05) is 20.2 Å². The van der Waals surface area contributed by atoms with Crippen LogP contribution in [0, 0.1) is 13.8 Å². The highest BCUT2D eigenvalue weighted by molar-refractivity contribution is 6.31. The van der Waals surface area contributed by atoms with Gasteiger partial charge in [-0.05, 0) is 32.4 Å². The molecule has 0 saturated carbocycles. The molecule has 1 atom stereocenters. The largest absolute Gasteiger partial charge is 0.496 e. The average Bonchev–Trinajstić information content (AvgIpc) is 3.00. The minimum absolute atomic E-state index is 0.0895. The number of rotatable bonds is 4. The van der Waals surface area contributed by atoms with Gasteiger partial charge in [-0.15, -0.1) is 0 Å². The Labute approximate surface area is 174 Å². The van der Waals surface area contributed by atoms with Gasteiger partial charge in [-0.25, -0.2) is 14.6 Å². The highest BCUT2D eigenvalue weighted by atomic mass is 35.5. The molecule has 0 radical (unpaired) electrons. The van der Waals surface area contributed by atoms with Gasteiger partial charge in [0.2, 0.25) is 5.91 Å². The second-order valence-electron chi connectivity index (χ2n) is 7.61. The maximum absolute atomic E-state index is 11.6. The second-order valence-corrected chi connectivity index (χ2v) is 8.01. The van der Waals surface area contributed by atoms with E-state index in [1.807, 2.05) is 29.5 Å². The van der Waals surface area contributed by atoms with Crippen molar-refractivity contribution >= 4 is 28.5 Å². The second kappa shape index (κ2) is 7.30. The van der Waals surface area contributed by atoms with Crippen molar-refractivity contribution in [1.29, 1.82) is 0 Å². The van der Waals surface area contributed by atoms with Crippen molar-refractivity contribution in [2.45, 2.75) is 39.7 Å². The number of benzene rings is 1. The van der Waals surface area contributed by atoms with Crippen LogP contribution in [0.25, 0.3) is 11.0 Å². The third kappa shape index (κ3) is 3.13. The summed E-state index contributed by atoms with van der Waals surface area (Å²) in [7, 11) is 1.68. The summed E-state index contributed by atoms with van der Waals surface area (Å²) < 4.78 is 7.78. The molecule has 8 heteroatoms. The molecule has 152 valence electrons. The summed E-state index contributed by atoms with van der Waals surface area (Å²) in [5.41, 5.74) is 4.67. The van der Waals surface area contributed by atoms with Gasteiger partial charge in [0.05, 0.1) is 24.2 Å². The zero-order valence-electron chi connectivity index (χ0n) is 17.2. The number of aryl methyl sites for hydroxylation is 1. The lowest BCUT2D eigenvalue weighted by molar-refractivity contribution is -0.133. The number of methoxy groups -OCH3 is 1. The smallest absolute Gasteiger partial charge is 0.219 e. The molecule has 1 unspecified atom stereocenters. The van der Waals surface area contributed by atoms with E-state index in [-0.39, 0.29) is 17.9 Å². The summed E-state index contributed by atoms with van der Waals surface area (Å²) >= 11 is 6.64. The average molecular weight is 414 g/mol. The van der Waals surface area contributed by atoms with Crippen LogP contribution in [-0.4, -0.2) is 50.8 Å². The molecule has 1 fully saturated rings.